The summed E-state index contributed by atoms with van der Waals surface area (Å²) >= 11 is 1.78. The van der Waals surface area contributed by atoms with Gasteiger partial charge < -0.3 is 15.3 Å². The normalized spacial score (nSPS) is 20.4. The Balaban J connectivity index is 2.02. The lowest BCUT2D eigenvalue weighted by Crippen LogP contribution is -2.25. The van der Waals surface area contributed by atoms with E-state index in [2.05, 4.69) is 19.1 Å². The second-order valence-corrected chi connectivity index (χ2v) is 5.36. The van der Waals surface area contributed by atoms with E-state index in [0.717, 1.165) is 19.6 Å². The number of hydrogen-bond acceptors (Lipinski definition) is 5. The van der Waals surface area contributed by atoms with Crippen LogP contribution < -0.4 is 5.73 Å². The molecule has 2 heterocycles. The molecule has 0 aromatic carbocycles. The Hall–Kier alpha value is -1.04. The molecule has 0 bridgehead atoms. The molecule has 0 fully saturated rings. The van der Waals surface area contributed by atoms with Crippen LogP contribution in [0.25, 0.3) is 0 Å². The van der Waals surface area contributed by atoms with Crippen LogP contribution in [0, 0.1) is 6.92 Å². The van der Waals surface area contributed by atoms with Crippen molar-refractivity contribution in [2.45, 2.75) is 19.4 Å². The van der Waals surface area contributed by atoms with Gasteiger partial charge in [-0.1, -0.05) is 0 Å². The molecule has 94 valence electrons. The van der Waals surface area contributed by atoms with Gasteiger partial charge >= 0.3 is 0 Å². The monoisotopic (exact) mass is 254 g/mol. The average molecular weight is 254 g/mol. The summed E-state index contributed by atoms with van der Waals surface area (Å²) < 4.78 is 5.05. The van der Waals surface area contributed by atoms with E-state index < -0.39 is 0 Å². The topological polar surface area (TPSA) is 47.7 Å². The van der Waals surface area contributed by atoms with Gasteiger partial charge in [0.2, 0.25) is 5.88 Å². The van der Waals surface area contributed by atoms with E-state index in [-0.39, 0.29) is 6.04 Å². The van der Waals surface area contributed by atoms with Crippen molar-refractivity contribution in [3.05, 3.63) is 33.8 Å². The van der Waals surface area contributed by atoms with Gasteiger partial charge in [-0.15, -0.1) is 16.4 Å². The molecule has 17 heavy (non-hydrogen) atoms. The molecular formula is C12H18N2O2S. The largest absolute Gasteiger partial charge is 0.388 e. The van der Waals surface area contributed by atoms with E-state index in [1.807, 2.05) is 11.1 Å². The Morgan fingerprint density at radius 3 is 3.00 bits per heavy atom. The molecule has 5 heteroatoms. The van der Waals surface area contributed by atoms with Crippen LogP contribution in [0.1, 0.15) is 22.2 Å². The van der Waals surface area contributed by atoms with Crippen LogP contribution in [-0.4, -0.2) is 25.3 Å². The number of hydroxylamine groups is 2. The van der Waals surface area contributed by atoms with E-state index in [4.69, 9.17) is 15.3 Å². The van der Waals surface area contributed by atoms with Gasteiger partial charge in [-0.25, -0.2) is 0 Å². The van der Waals surface area contributed by atoms with Crippen molar-refractivity contribution >= 4 is 11.3 Å². The summed E-state index contributed by atoms with van der Waals surface area (Å²) in [6.45, 7) is 3.65. The van der Waals surface area contributed by atoms with Gasteiger partial charge in [-0.05, 0) is 25.5 Å². The maximum atomic E-state index is 5.73. The van der Waals surface area contributed by atoms with Gasteiger partial charge in [0.05, 0.1) is 0 Å². The minimum atomic E-state index is 0.144. The van der Waals surface area contributed by atoms with Crippen LogP contribution in [-0.2, 0) is 9.57 Å². The highest BCUT2D eigenvalue weighted by molar-refractivity contribution is 7.12. The second-order valence-electron chi connectivity index (χ2n) is 4.04. The van der Waals surface area contributed by atoms with Crippen LogP contribution >= 0.6 is 11.3 Å². The molecule has 1 aromatic rings. The summed E-state index contributed by atoms with van der Waals surface area (Å²) in [5.41, 5.74) is 5.73. The second kappa shape index (κ2) is 5.53. The molecule has 2 N–H and O–H groups in total. The molecule has 0 amide bonds. The predicted octanol–water partition coefficient (Wildman–Crippen LogP) is 2.18. The molecule has 1 aliphatic rings. The maximum absolute atomic E-state index is 5.73. The highest BCUT2D eigenvalue weighted by atomic mass is 32.1. The molecule has 4 nitrogen and oxygen atoms in total. The Morgan fingerprint density at radius 2 is 2.35 bits per heavy atom. The van der Waals surface area contributed by atoms with Gasteiger partial charge in [-0.2, -0.15) is 0 Å². The summed E-state index contributed by atoms with van der Waals surface area (Å²) in [5, 5.41) is 1.92. The third-order valence-corrected chi connectivity index (χ3v) is 3.71. The van der Waals surface area contributed by atoms with Gasteiger partial charge in [0, 0.05) is 36.1 Å². The third kappa shape index (κ3) is 3.00. The molecule has 0 aliphatic carbocycles. The number of aryl methyl sites for hydroxylation is 1. The zero-order valence-corrected chi connectivity index (χ0v) is 11.0. The minimum absolute atomic E-state index is 0.144. The van der Waals surface area contributed by atoms with Crippen molar-refractivity contribution in [2.75, 3.05) is 20.3 Å². The highest BCUT2D eigenvalue weighted by Gasteiger charge is 2.27. The molecular weight excluding hydrogens is 236 g/mol. The first kappa shape index (κ1) is 12.4. The van der Waals surface area contributed by atoms with Crippen molar-refractivity contribution in [1.82, 2.24) is 5.06 Å². The zero-order chi connectivity index (χ0) is 12.3. The van der Waals surface area contributed by atoms with E-state index in [1.165, 1.54) is 9.75 Å². The Labute approximate surface area is 106 Å². The summed E-state index contributed by atoms with van der Waals surface area (Å²) in [7, 11) is 1.71. The van der Waals surface area contributed by atoms with E-state index >= 15 is 0 Å². The Morgan fingerprint density at radius 1 is 1.53 bits per heavy atom. The number of nitrogens with two attached hydrogens (primary N) is 1. The highest BCUT2D eigenvalue weighted by Crippen LogP contribution is 2.33. The van der Waals surface area contributed by atoms with Crippen molar-refractivity contribution in [2.24, 2.45) is 5.73 Å². The molecule has 0 saturated carbocycles. The number of methoxy groups -OCH3 is 1. The van der Waals surface area contributed by atoms with Crippen molar-refractivity contribution in [3.63, 3.8) is 0 Å². The van der Waals surface area contributed by atoms with Crippen LogP contribution in [0.3, 0.4) is 0 Å². The summed E-state index contributed by atoms with van der Waals surface area (Å²) in [5.74, 6) is 0.485. The van der Waals surface area contributed by atoms with Crippen LogP contribution in [0.5, 0.6) is 0 Å². The number of hydrogen-bond donors (Lipinski definition) is 1. The molecule has 0 saturated heterocycles. The quantitative estimate of drug-likeness (QED) is 0.818. The number of thiophene rings is 1. The molecule has 0 spiro atoms. The van der Waals surface area contributed by atoms with Gasteiger partial charge in [0.25, 0.3) is 0 Å². The smallest absolute Gasteiger partial charge is 0.207 e. The molecule has 1 unspecified atom stereocenters. The maximum Gasteiger partial charge on any atom is 0.207 e. The van der Waals surface area contributed by atoms with Crippen LogP contribution in [0.4, 0.5) is 0 Å². The first-order valence-electron chi connectivity index (χ1n) is 5.68. The van der Waals surface area contributed by atoms with Crippen molar-refractivity contribution < 1.29 is 9.57 Å². The average Bonchev–Trinajstić information content (AvgIpc) is 2.85. The lowest BCUT2D eigenvalue weighted by Gasteiger charge is -2.21. The first-order valence-corrected chi connectivity index (χ1v) is 6.49. The van der Waals surface area contributed by atoms with Crippen molar-refractivity contribution in [1.29, 1.82) is 0 Å². The number of rotatable bonds is 5. The van der Waals surface area contributed by atoms with E-state index in [0.29, 0.717) is 5.88 Å². The summed E-state index contributed by atoms with van der Waals surface area (Å²) in [4.78, 5) is 8.07. The third-order valence-electron chi connectivity index (χ3n) is 2.63. The standard InChI is InChI=1S/C12H18N2O2S/c1-9-4-5-11(17-9)10-8-12(13)16-14(10)6-3-7-15-2/h4-5,8,10H,3,6-7,13H2,1-2H3. The minimum Gasteiger partial charge on any atom is -0.388 e. The fourth-order valence-corrected chi connectivity index (χ4v) is 2.80. The molecule has 2 rings (SSSR count). The van der Waals surface area contributed by atoms with E-state index in [1.54, 1.807) is 18.4 Å². The van der Waals surface area contributed by atoms with E-state index in [9.17, 15) is 0 Å². The predicted molar refractivity (Wildman–Crippen MR) is 68.4 cm³/mol. The van der Waals surface area contributed by atoms with Gasteiger partial charge in [-0.3, -0.25) is 0 Å². The van der Waals surface area contributed by atoms with Crippen LogP contribution in [0.2, 0.25) is 0 Å². The lowest BCUT2D eigenvalue weighted by molar-refractivity contribution is -0.121. The SMILES string of the molecule is COCCCN1OC(N)=CC1c1ccc(C)s1. The lowest BCUT2D eigenvalue weighted by atomic mass is 10.2. The zero-order valence-electron chi connectivity index (χ0n) is 10.2. The summed E-state index contributed by atoms with van der Waals surface area (Å²) in [6, 6.07) is 4.40. The molecule has 1 atom stereocenters. The van der Waals surface area contributed by atoms with Gasteiger partial charge in [0.15, 0.2) is 0 Å². The van der Waals surface area contributed by atoms with Gasteiger partial charge in [0.1, 0.15) is 6.04 Å². The summed E-state index contributed by atoms with van der Waals surface area (Å²) in [6.07, 6.45) is 2.89. The number of nitrogens with zero attached hydrogens (tertiary/aromatic N) is 1. The Kier molecular flexibility index (Phi) is 4.04. The molecule has 1 aromatic heterocycles. The molecule has 0 radical (unpaired) electrons. The van der Waals surface area contributed by atoms with Crippen molar-refractivity contribution in [3.8, 4) is 0 Å². The fourth-order valence-electron chi connectivity index (χ4n) is 1.85. The first-order chi connectivity index (χ1) is 8.20. The molecule has 1 aliphatic heterocycles. The fraction of sp³-hybridized carbons (Fsp3) is 0.500. The number of ether oxygens (including phenoxy) is 1. The van der Waals surface area contributed by atoms with Crippen LogP contribution in [0.15, 0.2) is 24.1 Å². The Bertz CT molecular complexity index is 403.